The molecule has 5 heteroatoms. The normalized spacial score (nSPS) is 10.4. The fourth-order valence-corrected chi connectivity index (χ4v) is 3.81. The average Bonchev–Trinajstić information content (AvgIpc) is 2.30. The van der Waals surface area contributed by atoms with Crippen molar-refractivity contribution in [3.63, 3.8) is 0 Å². The van der Waals surface area contributed by atoms with E-state index in [1.807, 2.05) is 12.1 Å². The monoisotopic (exact) mass is 499 g/mol. The van der Waals surface area contributed by atoms with Crippen LogP contribution in [-0.4, -0.2) is 0 Å². The number of anilines is 1. The lowest BCUT2D eigenvalue weighted by atomic mass is 10.2. The third-order valence-corrected chi connectivity index (χ3v) is 4.58. The first-order chi connectivity index (χ1) is 8.56. The Hall–Kier alpha value is 0.220. The Morgan fingerprint density at radius 1 is 1.06 bits per heavy atom. The van der Waals surface area contributed by atoms with Crippen molar-refractivity contribution in [2.75, 3.05) is 5.32 Å². The van der Waals surface area contributed by atoms with Crippen LogP contribution in [0.25, 0.3) is 0 Å². The van der Waals surface area contributed by atoms with Crippen molar-refractivity contribution in [2.24, 2.45) is 0 Å². The Balaban J connectivity index is 2.13. The minimum atomic E-state index is 0.702. The summed E-state index contributed by atoms with van der Waals surface area (Å²) in [6, 6.07) is 12.2. The van der Waals surface area contributed by atoms with E-state index in [4.69, 9.17) is 11.6 Å². The maximum atomic E-state index is 5.97. The van der Waals surface area contributed by atoms with Gasteiger partial charge in [0.2, 0.25) is 0 Å². The maximum Gasteiger partial charge on any atom is 0.0632 e. The fourth-order valence-electron chi connectivity index (χ4n) is 1.50. The highest BCUT2D eigenvalue weighted by Gasteiger charge is 2.06. The van der Waals surface area contributed by atoms with Crippen LogP contribution in [0.5, 0.6) is 0 Å². The predicted molar refractivity (Wildman–Crippen MR) is 93.3 cm³/mol. The van der Waals surface area contributed by atoms with Crippen LogP contribution in [0, 0.1) is 3.57 Å². The summed E-state index contributed by atoms with van der Waals surface area (Å²) in [6.45, 7) is 0.774. The number of hydrogen-bond donors (Lipinski definition) is 1. The van der Waals surface area contributed by atoms with Crippen LogP contribution in [0.2, 0.25) is 5.02 Å². The number of halogens is 4. The molecule has 0 aliphatic rings. The van der Waals surface area contributed by atoms with Gasteiger partial charge in [-0.25, -0.2) is 0 Å². The summed E-state index contributed by atoms with van der Waals surface area (Å²) in [5.74, 6) is 0. The van der Waals surface area contributed by atoms with Gasteiger partial charge in [-0.2, -0.15) is 0 Å². The van der Waals surface area contributed by atoms with Crippen molar-refractivity contribution in [1.82, 2.24) is 0 Å². The molecule has 0 heterocycles. The Labute approximate surface area is 142 Å². The van der Waals surface area contributed by atoms with E-state index in [9.17, 15) is 0 Å². The molecule has 0 amide bonds. The fraction of sp³-hybridized carbons (Fsp3) is 0.0769. The third kappa shape index (κ3) is 3.85. The minimum Gasteiger partial charge on any atom is -0.379 e. The summed E-state index contributed by atoms with van der Waals surface area (Å²) in [7, 11) is 0. The van der Waals surface area contributed by atoms with Crippen molar-refractivity contribution in [1.29, 1.82) is 0 Å². The highest BCUT2D eigenvalue weighted by Crippen LogP contribution is 2.34. The smallest absolute Gasteiger partial charge is 0.0632 e. The highest BCUT2D eigenvalue weighted by atomic mass is 127. The van der Waals surface area contributed by atoms with Crippen LogP contribution >= 0.6 is 66.1 Å². The topological polar surface area (TPSA) is 12.0 Å². The zero-order valence-corrected chi connectivity index (χ0v) is 15.3. The second kappa shape index (κ2) is 6.59. The van der Waals surface area contributed by atoms with E-state index in [0.717, 1.165) is 21.2 Å². The average molecular weight is 501 g/mol. The molecule has 2 aromatic rings. The first-order valence-electron chi connectivity index (χ1n) is 5.19. The van der Waals surface area contributed by atoms with Crippen molar-refractivity contribution in [3.8, 4) is 0 Å². The molecule has 0 saturated heterocycles. The van der Waals surface area contributed by atoms with Gasteiger partial charge in [-0.1, -0.05) is 23.7 Å². The Morgan fingerprint density at radius 3 is 2.17 bits per heavy atom. The van der Waals surface area contributed by atoms with E-state index < -0.39 is 0 Å². The molecule has 0 aliphatic heterocycles. The summed E-state index contributed by atoms with van der Waals surface area (Å²) in [5.41, 5.74) is 2.25. The van der Waals surface area contributed by atoms with Crippen LogP contribution in [-0.2, 0) is 6.54 Å². The Kier molecular flexibility index (Phi) is 5.35. The van der Waals surface area contributed by atoms with Gasteiger partial charge < -0.3 is 5.32 Å². The highest BCUT2D eigenvalue weighted by molar-refractivity contribution is 14.1. The van der Waals surface area contributed by atoms with E-state index in [-0.39, 0.29) is 0 Å². The van der Waals surface area contributed by atoms with E-state index in [1.165, 1.54) is 9.13 Å². The Bertz CT molecular complexity index is 534. The number of nitrogens with one attached hydrogen (secondary N) is 1. The molecule has 0 aliphatic carbocycles. The lowest BCUT2D eigenvalue weighted by Gasteiger charge is -2.11. The molecule has 94 valence electrons. The van der Waals surface area contributed by atoms with E-state index in [0.29, 0.717) is 5.02 Å². The van der Waals surface area contributed by atoms with Crippen LogP contribution in [0.15, 0.2) is 45.3 Å². The molecule has 0 radical (unpaired) electrons. The van der Waals surface area contributed by atoms with E-state index in [2.05, 4.69) is 84.0 Å². The molecule has 0 spiro atoms. The summed E-state index contributed by atoms with van der Waals surface area (Å²) in [4.78, 5) is 0. The van der Waals surface area contributed by atoms with Crippen LogP contribution in [0.4, 0.5) is 5.69 Å². The van der Waals surface area contributed by atoms with Crippen molar-refractivity contribution >= 4 is 71.7 Å². The molecule has 0 aromatic heterocycles. The molecule has 0 atom stereocenters. The first-order valence-corrected chi connectivity index (χ1v) is 8.23. The van der Waals surface area contributed by atoms with Crippen LogP contribution in [0.3, 0.4) is 0 Å². The molecule has 0 bridgehead atoms. The maximum absolute atomic E-state index is 5.97. The van der Waals surface area contributed by atoms with Gasteiger partial charge in [0, 0.05) is 24.1 Å². The molecule has 2 rings (SSSR count). The molecule has 1 nitrogen and oxygen atoms in total. The second-order valence-corrected chi connectivity index (χ2v) is 7.12. The number of benzene rings is 2. The lowest BCUT2D eigenvalue weighted by molar-refractivity contribution is 1.14. The molecular formula is C13H9Br2ClIN. The lowest BCUT2D eigenvalue weighted by Crippen LogP contribution is -2.00. The summed E-state index contributed by atoms with van der Waals surface area (Å²) in [6.07, 6.45) is 0. The quantitative estimate of drug-likeness (QED) is 0.503. The van der Waals surface area contributed by atoms with Crippen molar-refractivity contribution in [3.05, 3.63) is 59.5 Å². The van der Waals surface area contributed by atoms with Crippen LogP contribution < -0.4 is 5.32 Å². The van der Waals surface area contributed by atoms with Gasteiger partial charge in [0.15, 0.2) is 0 Å². The zero-order valence-electron chi connectivity index (χ0n) is 9.18. The van der Waals surface area contributed by atoms with Gasteiger partial charge >= 0.3 is 0 Å². The molecule has 2 aromatic carbocycles. The summed E-state index contributed by atoms with van der Waals surface area (Å²) >= 11 is 15.3. The van der Waals surface area contributed by atoms with Crippen molar-refractivity contribution < 1.29 is 0 Å². The predicted octanol–water partition coefficient (Wildman–Crippen LogP) is 6.08. The first kappa shape index (κ1) is 14.6. The van der Waals surface area contributed by atoms with Crippen LogP contribution in [0.1, 0.15) is 5.56 Å². The van der Waals surface area contributed by atoms with Gasteiger partial charge in [-0.05, 0) is 84.3 Å². The molecular weight excluding hydrogens is 492 g/mol. The summed E-state index contributed by atoms with van der Waals surface area (Å²) in [5, 5.41) is 4.09. The zero-order chi connectivity index (χ0) is 13.1. The van der Waals surface area contributed by atoms with Gasteiger partial charge in [0.25, 0.3) is 0 Å². The summed E-state index contributed by atoms with van der Waals surface area (Å²) < 4.78 is 3.14. The number of rotatable bonds is 3. The molecule has 0 saturated carbocycles. The molecule has 18 heavy (non-hydrogen) atoms. The SMILES string of the molecule is Clc1cc(Br)c(NCc2ccc(I)cc2)c(Br)c1. The number of hydrogen-bond acceptors (Lipinski definition) is 1. The van der Waals surface area contributed by atoms with Gasteiger partial charge in [0.1, 0.15) is 0 Å². The largest absolute Gasteiger partial charge is 0.379 e. The van der Waals surface area contributed by atoms with Gasteiger partial charge in [0.05, 0.1) is 5.69 Å². The van der Waals surface area contributed by atoms with Crippen molar-refractivity contribution in [2.45, 2.75) is 6.54 Å². The standard InChI is InChI=1S/C13H9Br2ClIN/c14-11-5-9(16)6-12(15)13(11)18-7-8-1-3-10(17)4-2-8/h1-6,18H,7H2. The van der Waals surface area contributed by atoms with E-state index in [1.54, 1.807) is 0 Å². The third-order valence-electron chi connectivity index (χ3n) is 2.39. The Morgan fingerprint density at radius 2 is 1.61 bits per heavy atom. The molecule has 0 fully saturated rings. The van der Waals surface area contributed by atoms with Gasteiger partial charge in [-0.3, -0.25) is 0 Å². The second-order valence-electron chi connectivity index (χ2n) is 3.72. The molecule has 0 unspecified atom stereocenters. The van der Waals surface area contributed by atoms with Gasteiger partial charge in [-0.15, -0.1) is 0 Å². The molecule has 1 N–H and O–H groups in total. The van der Waals surface area contributed by atoms with E-state index >= 15 is 0 Å². The minimum absolute atomic E-state index is 0.702.